The molecule has 0 bridgehead atoms. The van der Waals surface area contributed by atoms with Crippen molar-refractivity contribution in [1.29, 1.82) is 0 Å². The van der Waals surface area contributed by atoms with E-state index in [4.69, 9.17) is 0 Å². The molecule has 1 atom stereocenters. The molecular formula is C17H27FN2O2. The molecule has 0 aliphatic heterocycles. The van der Waals surface area contributed by atoms with Crippen LogP contribution in [0, 0.1) is 5.82 Å². The number of aldehydes is 1. The van der Waals surface area contributed by atoms with Crippen molar-refractivity contribution in [2.75, 3.05) is 12.4 Å². The fourth-order valence-electron chi connectivity index (χ4n) is 1.87. The van der Waals surface area contributed by atoms with Crippen molar-refractivity contribution in [3.8, 4) is 0 Å². The molecule has 22 heavy (non-hydrogen) atoms. The van der Waals surface area contributed by atoms with Crippen LogP contribution in [0.3, 0.4) is 0 Å². The zero-order chi connectivity index (χ0) is 17.1. The van der Waals surface area contributed by atoms with Crippen molar-refractivity contribution >= 4 is 17.9 Å². The fraction of sp³-hybridized carbons (Fsp3) is 0.529. The van der Waals surface area contributed by atoms with E-state index < -0.39 is 11.9 Å². The van der Waals surface area contributed by atoms with Gasteiger partial charge in [-0.2, -0.15) is 0 Å². The molecule has 0 heterocycles. The van der Waals surface area contributed by atoms with E-state index in [1.54, 1.807) is 6.07 Å². The second kappa shape index (κ2) is 10.8. The number of benzene rings is 1. The summed E-state index contributed by atoms with van der Waals surface area (Å²) in [7, 11) is 1.51. The van der Waals surface area contributed by atoms with Gasteiger partial charge in [-0.3, -0.25) is 4.79 Å². The van der Waals surface area contributed by atoms with Crippen molar-refractivity contribution in [2.45, 2.75) is 52.5 Å². The number of hydrogen-bond donors (Lipinski definition) is 2. The van der Waals surface area contributed by atoms with Crippen molar-refractivity contribution < 1.29 is 14.0 Å². The van der Waals surface area contributed by atoms with Gasteiger partial charge in [-0.1, -0.05) is 33.8 Å². The van der Waals surface area contributed by atoms with Gasteiger partial charge in [0.25, 0.3) is 0 Å². The number of anilines is 1. The molecule has 0 saturated heterocycles. The smallest absolute Gasteiger partial charge is 0.242 e. The average molecular weight is 310 g/mol. The molecular weight excluding hydrogens is 283 g/mol. The minimum atomic E-state index is -0.621. The minimum Gasteiger partial charge on any atom is -0.371 e. The van der Waals surface area contributed by atoms with Crippen LogP contribution in [0.2, 0.25) is 0 Å². The average Bonchev–Trinajstić information content (AvgIpc) is 2.53. The van der Waals surface area contributed by atoms with Crippen LogP contribution in [0.5, 0.6) is 0 Å². The van der Waals surface area contributed by atoms with Crippen LogP contribution in [0.1, 0.15) is 52.0 Å². The molecule has 2 N–H and O–H groups in total. The van der Waals surface area contributed by atoms with Crippen LogP contribution in [0.15, 0.2) is 18.2 Å². The number of amides is 1. The summed E-state index contributed by atoms with van der Waals surface area (Å²) in [6.45, 7) is 7.97. The topological polar surface area (TPSA) is 58.2 Å². The highest BCUT2D eigenvalue weighted by Gasteiger charge is 2.18. The van der Waals surface area contributed by atoms with Gasteiger partial charge in [0.05, 0.1) is 5.69 Å². The van der Waals surface area contributed by atoms with Gasteiger partial charge in [0.1, 0.15) is 18.1 Å². The zero-order valence-electron chi connectivity index (χ0n) is 14.1. The highest BCUT2D eigenvalue weighted by molar-refractivity contribution is 5.84. The second-order valence-corrected chi connectivity index (χ2v) is 4.95. The van der Waals surface area contributed by atoms with E-state index in [1.165, 1.54) is 13.1 Å². The van der Waals surface area contributed by atoms with Crippen molar-refractivity contribution in [2.24, 2.45) is 0 Å². The Morgan fingerprint density at radius 1 is 1.32 bits per heavy atom. The summed E-state index contributed by atoms with van der Waals surface area (Å²) >= 11 is 0. The molecule has 1 amide bonds. The lowest BCUT2D eigenvalue weighted by atomic mass is 10.0. The van der Waals surface area contributed by atoms with E-state index in [0.717, 1.165) is 11.8 Å². The maximum absolute atomic E-state index is 14.0. The first-order valence-electron chi connectivity index (χ1n) is 7.70. The van der Waals surface area contributed by atoms with Crippen molar-refractivity contribution in [3.63, 3.8) is 0 Å². The summed E-state index contributed by atoms with van der Waals surface area (Å²) < 4.78 is 14.0. The van der Waals surface area contributed by atoms with E-state index >= 15 is 0 Å². The minimum absolute atomic E-state index is 0.239. The Kier molecular flexibility index (Phi) is 9.83. The van der Waals surface area contributed by atoms with Gasteiger partial charge in [0, 0.05) is 13.5 Å². The van der Waals surface area contributed by atoms with Gasteiger partial charge in [-0.15, -0.1) is 0 Å². The fourth-order valence-corrected chi connectivity index (χ4v) is 1.87. The first-order chi connectivity index (χ1) is 10.5. The van der Waals surface area contributed by atoms with Gasteiger partial charge in [0.2, 0.25) is 5.91 Å². The Balaban J connectivity index is 0.00000211. The van der Waals surface area contributed by atoms with Crippen LogP contribution < -0.4 is 10.6 Å². The first kappa shape index (κ1) is 20.1. The van der Waals surface area contributed by atoms with Crippen LogP contribution in [0.4, 0.5) is 10.1 Å². The van der Waals surface area contributed by atoms with Crippen LogP contribution >= 0.6 is 0 Å². The normalized spacial score (nSPS) is 11.2. The molecule has 5 heteroatoms. The van der Waals surface area contributed by atoms with Crippen molar-refractivity contribution in [1.82, 2.24) is 5.32 Å². The summed E-state index contributed by atoms with van der Waals surface area (Å²) in [6.07, 6.45) is 1.32. The molecule has 0 aliphatic rings. The number of likely N-dealkylation sites (N-methyl/N-ethyl adjacent to an activating group) is 1. The Morgan fingerprint density at radius 2 is 1.95 bits per heavy atom. The summed E-state index contributed by atoms with van der Waals surface area (Å²) in [5, 5.41) is 5.36. The SMILES string of the molecule is CC.CNC(=O)C(CCC=O)Nc1ccc(C(C)C)cc1F. The third kappa shape index (κ3) is 6.24. The van der Waals surface area contributed by atoms with E-state index in [-0.39, 0.29) is 23.9 Å². The molecule has 124 valence electrons. The number of carbonyl (C=O) groups excluding carboxylic acids is 2. The molecule has 0 radical (unpaired) electrons. The molecule has 1 aromatic carbocycles. The second-order valence-electron chi connectivity index (χ2n) is 4.95. The van der Waals surface area contributed by atoms with Gasteiger partial charge in [-0.25, -0.2) is 4.39 Å². The lowest BCUT2D eigenvalue weighted by Gasteiger charge is -2.18. The van der Waals surface area contributed by atoms with Gasteiger partial charge in [0.15, 0.2) is 0 Å². The van der Waals surface area contributed by atoms with E-state index in [0.29, 0.717) is 6.42 Å². The molecule has 0 aromatic heterocycles. The van der Waals surface area contributed by atoms with Gasteiger partial charge in [-0.05, 0) is 30.0 Å². The lowest BCUT2D eigenvalue weighted by Crippen LogP contribution is -2.38. The van der Waals surface area contributed by atoms with E-state index in [2.05, 4.69) is 10.6 Å². The quantitative estimate of drug-likeness (QED) is 0.758. The predicted molar refractivity (Wildman–Crippen MR) is 88.6 cm³/mol. The predicted octanol–water partition coefficient (Wildman–Crippen LogP) is 3.48. The number of carbonyl (C=O) groups is 2. The Hall–Kier alpha value is -1.91. The van der Waals surface area contributed by atoms with Gasteiger partial charge >= 0.3 is 0 Å². The lowest BCUT2D eigenvalue weighted by molar-refractivity contribution is -0.121. The molecule has 0 spiro atoms. The van der Waals surface area contributed by atoms with Crippen LogP contribution in [-0.4, -0.2) is 25.3 Å². The van der Waals surface area contributed by atoms with Crippen LogP contribution in [-0.2, 0) is 9.59 Å². The maximum Gasteiger partial charge on any atom is 0.242 e. The number of nitrogens with one attached hydrogen (secondary N) is 2. The Morgan fingerprint density at radius 3 is 2.41 bits per heavy atom. The number of halogens is 1. The maximum atomic E-state index is 14.0. The number of hydrogen-bond acceptors (Lipinski definition) is 3. The largest absolute Gasteiger partial charge is 0.371 e. The molecule has 0 fully saturated rings. The molecule has 1 aromatic rings. The molecule has 0 saturated carbocycles. The molecule has 1 unspecified atom stereocenters. The first-order valence-corrected chi connectivity index (χ1v) is 7.70. The number of rotatable bonds is 7. The Labute approximate surface area is 132 Å². The van der Waals surface area contributed by atoms with E-state index in [9.17, 15) is 14.0 Å². The molecule has 0 aliphatic carbocycles. The molecule has 1 rings (SSSR count). The highest BCUT2D eigenvalue weighted by atomic mass is 19.1. The summed E-state index contributed by atoms with van der Waals surface area (Å²) in [5.41, 5.74) is 1.17. The summed E-state index contributed by atoms with van der Waals surface area (Å²) in [6, 6.07) is 4.30. The summed E-state index contributed by atoms with van der Waals surface area (Å²) in [4.78, 5) is 22.1. The zero-order valence-corrected chi connectivity index (χ0v) is 14.1. The third-order valence-electron chi connectivity index (χ3n) is 3.13. The van der Waals surface area contributed by atoms with Crippen molar-refractivity contribution in [3.05, 3.63) is 29.6 Å². The third-order valence-corrected chi connectivity index (χ3v) is 3.13. The Bertz CT molecular complexity index is 476. The monoisotopic (exact) mass is 310 g/mol. The van der Waals surface area contributed by atoms with Crippen LogP contribution in [0.25, 0.3) is 0 Å². The van der Waals surface area contributed by atoms with E-state index in [1.807, 2.05) is 33.8 Å². The van der Waals surface area contributed by atoms with Gasteiger partial charge < -0.3 is 15.4 Å². The summed E-state index contributed by atoms with van der Waals surface area (Å²) in [5.74, 6) is -0.418. The highest BCUT2D eigenvalue weighted by Crippen LogP contribution is 2.22. The standard InChI is InChI=1S/C15H21FN2O2.C2H6/c1-10(2)11-6-7-13(12(16)9-11)18-14(5-4-8-19)15(20)17-3;1-2/h6-10,14,18H,4-5H2,1-3H3,(H,17,20);1-2H3. The molecule has 4 nitrogen and oxygen atoms in total.